The van der Waals surface area contributed by atoms with Gasteiger partial charge in [-0.1, -0.05) is 12.1 Å². The normalized spacial score (nSPS) is 13.0. The van der Waals surface area contributed by atoms with Crippen molar-refractivity contribution in [3.05, 3.63) is 42.0 Å². The number of nitrogens with two attached hydrogens (primary N) is 1. The van der Waals surface area contributed by atoms with Crippen LogP contribution in [0.25, 0.3) is 22.4 Å². The molecule has 21 heavy (non-hydrogen) atoms. The van der Waals surface area contributed by atoms with Gasteiger partial charge in [-0.25, -0.2) is 4.98 Å². The predicted octanol–water partition coefficient (Wildman–Crippen LogP) is 2.43. The second-order valence-electron chi connectivity index (χ2n) is 5.05. The molecule has 0 saturated carbocycles. The highest BCUT2D eigenvalue weighted by atomic mass is 16.7. The summed E-state index contributed by atoms with van der Waals surface area (Å²) in [7, 11) is 2.01. The molecule has 2 aromatic carbocycles. The Balaban J connectivity index is 1.92. The van der Waals surface area contributed by atoms with Crippen molar-refractivity contribution < 1.29 is 9.47 Å². The van der Waals surface area contributed by atoms with Crippen molar-refractivity contribution in [3.63, 3.8) is 0 Å². The number of aromatic nitrogens is 2. The second-order valence-corrected chi connectivity index (χ2v) is 5.05. The van der Waals surface area contributed by atoms with Crippen LogP contribution in [0.4, 0.5) is 0 Å². The highest BCUT2D eigenvalue weighted by Gasteiger charge is 2.17. The van der Waals surface area contributed by atoms with E-state index in [4.69, 9.17) is 20.2 Å². The molecule has 0 bridgehead atoms. The Bertz CT molecular complexity index is 839. The first kappa shape index (κ1) is 12.2. The number of benzene rings is 2. The molecule has 1 aliphatic heterocycles. The first-order valence-electron chi connectivity index (χ1n) is 6.82. The molecular weight excluding hydrogens is 266 g/mol. The fourth-order valence-corrected chi connectivity index (χ4v) is 2.73. The zero-order chi connectivity index (χ0) is 14.4. The summed E-state index contributed by atoms with van der Waals surface area (Å²) in [4.78, 5) is 4.77. The van der Waals surface area contributed by atoms with E-state index in [0.29, 0.717) is 6.54 Å². The molecule has 5 nitrogen and oxygen atoms in total. The summed E-state index contributed by atoms with van der Waals surface area (Å²) in [6.07, 6.45) is 0. The molecule has 0 fully saturated rings. The van der Waals surface area contributed by atoms with Crippen LogP contribution in [0.15, 0.2) is 36.4 Å². The van der Waals surface area contributed by atoms with Crippen LogP contribution in [0.1, 0.15) is 5.56 Å². The molecule has 0 radical (unpaired) electrons. The monoisotopic (exact) mass is 281 g/mol. The van der Waals surface area contributed by atoms with Crippen LogP contribution in [-0.4, -0.2) is 16.3 Å². The Labute approximate surface area is 121 Å². The van der Waals surface area contributed by atoms with Crippen LogP contribution in [-0.2, 0) is 13.6 Å². The van der Waals surface area contributed by atoms with E-state index in [1.54, 1.807) is 0 Å². The average Bonchev–Trinajstić information content (AvgIpc) is 3.11. The molecule has 0 atom stereocenters. The minimum atomic E-state index is 0.276. The van der Waals surface area contributed by atoms with Gasteiger partial charge in [-0.2, -0.15) is 0 Å². The Morgan fingerprint density at radius 2 is 2.05 bits per heavy atom. The molecule has 106 valence electrons. The van der Waals surface area contributed by atoms with Crippen LogP contribution in [0.2, 0.25) is 0 Å². The molecule has 1 aromatic heterocycles. The fourth-order valence-electron chi connectivity index (χ4n) is 2.73. The van der Waals surface area contributed by atoms with Crippen molar-refractivity contribution >= 4 is 11.0 Å². The number of aryl methyl sites for hydroxylation is 1. The van der Waals surface area contributed by atoms with Crippen LogP contribution >= 0.6 is 0 Å². The number of nitrogens with zero attached hydrogens (tertiary/aromatic N) is 2. The van der Waals surface area contributed by atoms with Crippen molar-refractivity contribution in [2.45, 2.75) is 6.54 Å². The van der Waals surface area contributed by atoms with E-state index < -0.39 is 0 Å². The number of hydrogen-bond donors (Lipinski definition) is 1. The lowest BCUT2D eigenvalue weighted by Gasteiger charge is -2.03. The minimum Gasteiger partial charge on any atom is -0.454 e. The maximum atomic E-state index is 5.80. The molecule has 5 heteroatoms. The lowest BCUT2D eigenvalue weighted by molar-refractivity contribution is 0.174. The van der Waals surface area contributed by atoms with Crippen molar-refractivity contribution in [1.29, 1.82) is 0 Å². The third-order valence-corrected chi connectivity index (χ3v) is 3.85. The third-order valence-electron chi connectivity index (χ3n) is 3.85. The van der Waals surface area contributed by atoms with Crippen LogP contribution in [0, 0.1) is 0 Å². The number of rotatable bonds is 2. The quantitative estimate of drug-likeness (QED) is 0.783. The average molecular weight is 281 g/mol. The van der Waals surface area contributed by atoms with Gasteiger partial charge in [0.25, 0.3) is 0 Å². The summed E-state index contributed by atoms with van der Waals surface area (Å²) in [6, 6.07) is 12.0. The van der Waals surface area contributed by atoms with Gasteiger partial charge in [-0.15, -0.1) is 0 Å². The topological polar surface area (TPSA) is 62.3 Å². The Kier molecular flexibility index (Phi) is 2.62. The van der Waals surface area contributed by atoms with Gasteiger partial charge in [0, 0.05) is 19.2 Å². The number of ether oxygens (including phenoxy) is 2. The molecule has 1 aliphatic rings. The highest BCUT2D eigenvalue weighted by Crippen LogP contribution is 2.36. The van der Waals surface area contributed by atoms with Gasteiger partial charge in [-0.3, -0.25) is 0 Å². The Hall–Kier alpha value is -2.53. The molecule has 0 amide bonds. The van der Waals surface area contributed by atoms with E-state index >= 15 is 0 Å². The maximum Gasteiger partial charge on any atom is 0.231 e. The van der Waals surface area contributed by atoms with Crippen LogP contribution < -0.4 is 15.2 Å². The minimum absolute atomic E-state index is 0.276. The van der Waals surface area contributed by atoms with Crippen LogP contribution in [0.5, 0.6) is 11.5 Å². The first-order chi connectivity index (χ1) is 10.3. The van der Waals surface area contributed by atoms with Crippen molar-refractivity contribution in [2.75, 3.05) is 6.79 Å². The Morgan fingerprint density at radius 1 is 1.19 bits per heavy atom. The van der Waals surface area contributed by atoms with Gasteiger partial charge >= 0.3 is 0 Å². The zero-order valence-corrected chi connectivity index (χ0v) is 11.7. The van der Waals surface area contributed by atoms with E-state index in [-0.39, 0.29) is 6.79 Å². The molecule has 0 unspecified atom stereocenters. The molecule has 2 N–H and O–H groups in total. The molecule has 0 spiro atoms. The SMILES string of the molecule is Cn1c(-c2ccc3c(c2)OCO3)nc2c(CN)cccc21. The van der Waals surface area contributed by atoms with E-state index in [1.807, 2.05) is 37.4 Å². The predicted molar refractivity (Wildman–Crippen MR) is 80.2 cm³/mol. The van der Waals surface area contributed by atoms with Gasteiger partial charge in [0.2, 0.25) is 6.79 Å². The van der Waals surface area contributed by atoms with Crippen molar-refractivity contribution in [3.8, 4) is 22.9 Å². The highest BCUT2D eigenvalue weighted by molar-refractivity contribution is 5.83. The summed E-state index contributed by atoms with van der Waals surface area (Å²) in [5, 5.41) is 0. The maximum absolute atomic E-state index is 5.80. The summed E-state index contributed by atoms with van der Waals surface area (Å²) in [6.45, 7) is 0.758. The van der Waals surface area contributed by atoms with Gasteiger partial charge in [-0.05, 0) is 29.8 Å². The number of para-hydroxylation sites is 1. The van der Waals surface area contributed by atoms with Gasteiger partial charge in [0.05, 0.1) is 11.0 Å². The third kappa shape index (κ3) is 1.78. The lowest BCUT2D eigenvalue weighted by Crippen LogP contribution is -1.97. The fraction of sp³-hybridized carbons (Fsp3) is 0.188. The first-order valence-corrected chi connectivity index (χ1v) is 6.82. The van der Waals surface area contributed by atoms with Crippen molar-refractivity contribution in [1.82, 2.24) is 9.55 Å². The molecule has 2 heterocycles. The summed E-state index contributed by atoms with van der Waals surface area (Å²) in [5.41, 5.74) is 9.88. The number of hydrogen-bond acceptors (Lipinski definition) is 4. The largest absolute Gasteiger partial charge is 0.454 e. The van der Waals surface area contributed by atoms with Crippen LogP contribution in [0.3, 0.4) is 0 Å². The van der Waals surface area contributed by atoms with Gasteiger partial charge in [0.15, 0.2) is 11.5 Å². The Morgan fingerprint density at radius 3 is 2.90 bits per heavy atom. The van der Waals surface area contributed by atoms with Gasteiger partial charge in [0.1, 0.15) is 5.82 Å². The molecule has 0 aliphatic carbocycles. The molecule has 0 saturated heterocycles. The van der Waals surface area contributed by atoms with E-state index in [1.165, 1.54) is 0 Å². The molecule has 4 rings (SSSR count). The summed E-state index contributed by atoms with van der Waals surface area (Å²) >= 11 is 0. The lowest BCUT2D eigenvalue weighted by atomic mass is 10.2. The van der Waals surface area contributed by atoms with E-state index in [0.717, 1.165) is 39.5 Å². The molecule has 3 aromatic rings. The smallest absolute Gasteiger partial charge is 0.231 e. The second kappa shape index (κ2) is 4.49. The molecular formula is C16H15N3O2. The number of fused-ring (bicyclic) bond motifs is 2. The van der Waals surface area contributed by atoms with E-state index in [2.05, 4.69) is 10.6 Å². The standard InChI is InChI=1S/C16H15N3O2/c1-19-12-4-2-3-11(8-17)15(12)18-16(19)10-5-6-13-14(7-10)21-9-20-13/h2-7H,8-9,17H2,1H3. The summed E-state index contributed by atoms with van der Waals surface area (Å²) < 4.78 is 12.9. The number of imidazole rings is 1. The van der Waals surface area contributed by atoms with E-state index in [9.17, 15) is 0 Å². The van der Waals surface area contributed by atoms with Gasteiger partial charge < -0.3 is 19.8 Å². The van der Waals surface area contributed by atoms with Crippen molar-refractivity contribution in [2.24, 2.45) is 12.8 Å². The zero-order valence-electron chi connectivity index (χ0n) is 11.7. The summed E-state index contributed by atoms with van der Waals surface area (Å²) in [5.74, 6) is 2.43.